The number of hydrogen-bond acceptors (Lipinski definition) is 4. The van der Waals surface area contributed by atoms with Gasteiger partial charge in [-0.15, -0.1) is 0 Å². The van der Waals surface area contributed by atoms with Crippen molar-refractivity contribution in [2.75, 3.05) is 12.0 Å². The van der Waals surface area contributed by atoms with Gasteiger partial charge in [-0.05, 0) is 52.8 Å². The fraction of sp³-hybridized carbons (Fsp3) is 0.182. The molecule has 0 unspecified atom stereocenters. The molecule has 1 amide bonds. The van der Waals surface area contributed by atoms with E-state index >= 15 is 0 Å². The van der Waals surface area contributed by atoms with Gasteiger partial charge in [0.15, 0.2) is 6.61 Å². The molecule has 0 atom stereocenters. The highest BCUT2D eigenvalue weighted by molar-refractivity contribution is 9.10. The van der Waals surface area contributed by atoms with Crippen LogP contribution in [0.15, 0.2) is 29.0 Å². The van der Waals surface area contributed by atoms with Crippen LogP contribution in [0, 0.1) is 11.7 Å². The summed E-state index contributed by atoms with van der Waals surface area (Å²) in [5.41, 5.74) is 3.64. The number of hydrogen-bond donors (Lipinski definition) is 2. The van der Waals surface area contributed by atoms with Gasteiger partial charge < -0.3 is 4.74 Å². The lowest BCUT2D eigenvalue weighted by Gasteiger charge is -2.09. The zero-order valence-corrected chi connectivity index (χ0v) is 12.4. The third kappa shape index (κ3) is 3.65. The molecule has 0 aliphatic carbocycles. The second-order valence-corrected chi connectivity index (χ2v) is 5.03. The van der Waals surface area contributed by atoms with Gasteiger partial charge in [-0.2, -0.15) is 5.10 Å². The van der Waals surface area contributed by atoms with Gasteiger partial charge in [0.25, 0.3) is 5.91 Å². The van der Waals surface area contributed by atoms with Crippen molar-refractivity contribution in [1.82, 2.24) is 14.9 Å². The number of nitrogens with one attached hydrogen (secondary N) is 2. The van der Waals surface area contributed by atoms with Crippen LogP contribution in [0.1, 0.15) is 5.56 Å². The van der Waals surface area contributed by atoms with Crippen LogP contribution >= 0.6 is 28.1 Å². The molecule has 6 nitrogen and oxygen atoms in total. The molecule has 1 aromatic carbocycles. The minimum atomic E-state index is -0.329. The average molecular weight is 343 g/mol. The molecule has 0 radical (unpaired) electrons. The van der Waals surface area contributed by atoms with Crippen LogP contribution in [0.25, 0.3) is 0 Å². The van der Waals surface area contributed by atoms with Crippen molar-refractivity contribution < 1.29 is 9.53 Å². The molecule has 8 heteroatoms. The maximum absolute atomic E-state index is 11.7. The topological polar surface area (TPSA) is 71.9 Å². The van der Waals surface area contributed by atoms with E-state index in [1.54, 1.807) is 6.07 Å². The third-order valence-corrected chi connectivity index (χ3v) is 3.15. The number of H-pyrrole nitrogens is 1. The van der Waals surface area contributed by atoms with E-state index in [9.17, 15) is 4.79 Å². The van der Waals surface area contributed by atoms with Crippen LogP contribution in [-0.4, -0.2) is 27.4 Å². The molecule has 0 bridgehead atoms. The number of rotatable bonds is 4. The zero-order chi connectivity index (χ0) is 13.8. The van der Waals surface area contributed by atoms with E-state index in [-0.39, 0.29) is 12.5 Å². The summed E-state index contributed by atoms with van der Waals surface area (Å²) in [4.78, 5) is 11.7. The number of carbonyl (C=O) groups excluding carboxylic acids is 1. The molecular formula is C11H11BrN4O2S. The summed E-state index contributed by atoms with van der Waals surface area (Å²) in [6, 6.07) is 5.62. The highest BCUT2D eigenvalue weighted by Gasteiger charge is 2.06. The standard InChI is InChI=1S/C11H11BrN4O2S/c1-7-2-3-9(8(12)4-7)18-5-10(17)15-16-6-13-14-11(16)19/h2-4,6H,5H2,1H3,(H,14,19)(H,15,17). The molecule has 0 saturated carbocycles. The Balaban J connectivity index is 1.93. The van der Waals surface area contributed by atoms with Crippen LogP contribution < -0.4 is 10.2 Å². The number of aromatic amines is 1. The largest absolute Gasteiger partial charge is 0.483 e. The number of amides is 1. The summed E-state index contributed by atoms with van der Waals surface area (Å²) in [6.07, 6.45) is 1.38. The summed E-state index contributed by atoms with van der Waals surface area (Å²) in [5, 5.41) is 6.22. The zero-order valence-electron chi connectivity index (χ0n) is 10.0. The molecule has 19 heavy (non-hydrogen) atoms. The van der Waals surface area contributed by atoms with Crippen molar-refractivity contribution in [3.05, 3.63) is 39.3 Å². The maximum Gasteiger partial charge on any atom is 0.276 e. The number of aryl methyl sites for hydroxylation is 1. The number of benzene rings is 1. The Kier molecular flexibility index (Phi) is 4.33. The second kappa shape index (κ2) is 5.98. The Morgan fingerprint density at radius 1 is 1.63 bits per heavy atom. The van der Waals surface area contributed by atoms with Crippen LogP contribution in [0.2, 0.25) is 0 Å². The fourth-order valence-electron chi connectivity index (χ4n) is 1.36. The summed E-state index contributed by atoms with van der Waals surface area (Å²) >= 11 is 8.27. The smallest absolute Gasteiger partial charge is 0.276 e. The van der Waals surface area contributed by atoms with Crippen LogP contribution in [0.5, 0.6) is 5.75 Å². The minimum absolute atomic E-state index is 0.116. The number of halogens is 1. The summed E-state index contributed by atoms with van der Waals surface area (Å²) in [7, 11) is 0. The maximum atomic E-state index is 11.7. The fourth-order valence-corrected chi connectivity index (χ4v) is 2.11. The quantitative estimate of drug-likeness (QED) is 0.835. The van der Waals surface area contributed by atoms with Crippen molar-refractivity contribution >= 4 is 34.1 Å². The van der Waals surface area contributed by atoms with Crippen LogP contribution in [0.3, 0.4) is 0 Å². The minimum Gasteiger partial charge on any atom is -0.483 e. The lowest BCUT2D eigenvalue weighted by molar-refractivity contribution is -0.119. The van der Waals surface area contributed by atoms with Gasteiger partial charge in [-0.3, -0.25) is 15.3 Å². The van der Waals surface area contributed by atoms with Crippen molar-refractivity contribution in [1.29, 1.82) is 0 Å². The Hall–Kier alpha value is -1.67. The molecule has 0 fully saturated rings. The highest BCUT2D eigenvalue weighted by Crippen LogP contribution is 2.25. The molecule has 2 rings (SSSR count). The molecule has 100 valence electrons. The highest BCUT2D eigenvalue weighted by atomic mass is 79.9. The Morgan fingerprint density at radius 2 is 2.42 bits per heavy atom. The molecule has 2 aromatic rings. The van der Waals surface area contributed by atoms with E-state index in [1.165, 1.54) is 11.0 Å². The van der Waals surface area contributed by atoms with Crippen LogP contribution in [0.4, 0.5) is 0 Å². The van der Waals surface area contributed by atoms with Crippen molar-refractivity contribution in [2.24, 2.45) is 0 Å². The molecule has 1 aromatic heterocycles. The van der Waals surface area contributed by atoms with Gasteiger partial charge in [0.05, 0.1) is 4.47 Å². The predicted molar refractivity (Wildman–Crippen MR) is 76.2 cm³/mol. The molecule has 0 spiro atoms. The Morgan fingerprint density at radius 3 is 3.05 bits per heavy atom. The van der Waals surface area contributed by atoms with Crippen molar-refractivity contribution in [3.8, 4) is 5.75 Å². The molecular weight excluding hydrogens is 332 g/mol. The van der Waals surface area contributed by atoms with Gasteiger partial charge >= 0.3 is 0 Å². The van der Waals surface area contributed by atoms with Crippen molar-refractivity contribution in [2.45, 2.75) is 6.92 Å². The van der Waals surface area contributed by atoms with Gasteiger partial charge in [0.2, 0.25) is 4.77 Å². The lowest BCUT2D eigenvalue weighted by atomic mass is 10.2. The van der Waals surface area contributed by atoms with E-state index in [1.807, 2.05) is 19.1 Å². The Labute approximate surface area is 122 Å². The number of ether oxygens (including phenoxy) is 1. The predicted octanol–water partition coefficient (Wildman–Crippen LogP) is 2.16. The van der Waals surface area contributed by atoms with Gasteiger partial charge in [-0.1, -0.05) is 6.07 Å². The van der Waals surface area contributed by atoms with Crippen molar-refractivity contribution in [3.63, 3.8) is 0 Å². The average Bonchev–Trinajstić information content (AvgIpc) is 2.74. The number of aromatic nitrogens is 3. The van der Waals surface area contributed by atoms with Gasteiger partial charge in [0.1, 0.15) is 12.1 Å². The van der Waals surface area contributed by atoms with Gasteiger partial charge in [0, 0.05) is 0 Å². The normalized spacial score (nSPS) is 10.2. The number of carbonyl (C=O) groups is 1. The van der Waals surface area contributed by atoms with E-state index in [0.29, 0.717) is 10.5 Å². The molecule has 1 heterocycles. The number of nitrogens with zero attached hydrogens (tertiary/aromatic N) is 2. The Bertz CT molecular complexity index is 652. The van der Waals surface area contributed by atoms with Crippen LogP contribution in [-0.2, 0) is 4.79 Å². The summed E-state index contributed by atoms with van der Waals surface area (Å²) in [6.45, 7) is 1.86. The molecule has 0 saturated heterocycles. The first-order valence-electron chi connectivity index (χ1n) is 5.37. The third-order valence-electron chi connectivity index (χ3n) is 2.24. The monoisotopic (exact) mass is 342 g/mol. The first kappa shape index (κ1) is 13.8. The first-order valence-corrected chi connectivity index (χ1v) is 6.57. The van der Waals surface area contributed by atoms with E-state index < -0.39 is 0 Å². The van der Waals surface area contributed by atoms with Gasteiger partial charge in [-0.25, -0.2) is 4.68 Å². The summed E-state index contributed by atoms with van der Waals surface area (Å²) < 4.78 is 7.83. The van der Waals surface area contributed by atoms with E-state index in [2.05, 4.69) is 31.6 Å². The molecule has 0 aliphatic rings. The molecule has 2 N–H and O–H groups in total. The first-order chi connectivity index (χ1) is 9.06. The van der Waals surface area contributed by atoms with E-state index in [4.69, 9.17) is 17.0 Å². The lowest BCUT2D eigenvalue weighted by Crippen LogP contribution is -2.27. The van der Waals surface area contributed by atoms with E-state index in [0.717, 1.165) is 10.0 Å². The summed E-state index contributed by atoms with van der Waals surface area (Å²) in [5.74, 6) is 0.279. The second-order valence-electron chi connectivity index (χ2n) is 3.79. The molecule has 0 aliphatic heterocycles. The SMILES string of the molecule is Cc1ccc(OCC(=O)Nn2cn[nH]c2=S)c(Br)c1.